The predicted octanol–water partition coefficient (Wildman–Crippen LogP) is 0.858. The highest BCUT2D eigenvalue weighted by Crippen LogP contribution is 2.14. The van der Waals surface area contributed by atoms with Crippen molar-refractivity contribution in [1.29, 1.82) is 0 Å². The first kappa shape index (κ1) is 8.27. The van der Waals surface area contributed by atoms with Crippen molar-refractivity contribution in [3.8, 4) is 0 Å². The van der Waals surface area contributed by atoms with Gasteiger partial charge < -0.3 is 5.32 Å². The van der Waals surface area contributed by atoms with Crippen LogP contribution in [0.15, 0.2) is 12.2 Å². The van der Waals surface area contributed by atoms with Gasteiger partial charge in [0, 0.05) is 19.6 Å². The third kappa shape index (κ3) is 2.08. The Hall–Kier alpha value is -0.340. The zero-order chi connectivity index (χ0) is 8.23. The van der Waals surface area contributed by atoms with Crippen molar-refractivity contribution in [1.82, 2.24) is 10.2 Å². The van der Waals surface area contributed by atoms with Gasteiger partial charge in [-0.05, 0) is 31.8 Å². The molecule has 0 amide bonds. The molecule has 0 spiro atoms. The van der Waals surface area contributed by atoms with Crippen molar-refractivity contribution in [2.75, 3.05) is 32.7 Å². The Labute approximate surface area is 74.6 Å². The van der Waals surface area contributed by atoms with E-state index in [0.29, 0.717) is 0 Å². The fraction of sp³-hybridized carbons (Fsp3) is 0.800. The second-order valence-electron chi connectivity index (χ2n) is 3.88. The average Bonchev–Trinajstić information content (AvgIpc) is 2.59. The Morgan fingerprint density at radius 2 is 1.83 bits per heavy atom. The number of rotatable bonds is 2. The fourth-order valence-electron chi connectivity index (χ4n) is 2.10. The molecular weight excluding hydrogens is 148 g/mol. The summed E-state index contributed by atoms with van der Waals surface area (Å²) in [5, 5.41) is 3.41. The van der Waals surface area contributed by atoms with Gasteiger partial charge in [0.25, 0.3) is 0 Å². The summed E-state index contributed by atoms with van der Waals surface area (Å²) in [6.45, 7) is 6.14. The number of piperidine rings is 1. The molecule has 2 heterocycles. The molecule has 2 aliphatic rings. The van der Waals surface area contributed by atoms with Crippen LogP contribution in [-0.2, 0) is 0 Å². The second-order valence-corrected chi connectivity index (χ2v) is 3.88. The van der Waals surface area contributed by atoms with Crippen LogP contribution in [0, 0.1) is 5.92 Å². The lowest BCUT2D eigenvalue weighted by Crippen LogP contribution is -2.35. The first-order valence-electron chi connectivity index (χ1n) is 5.03. The predicted molar refractivity (Wildman–Crippen MR) is 51.2 cm³/mol. The molecule has 2 heteroatoms. The van der Waals surface area contributed by atoms with Crippen LogP contribution < -0.4 is 5.32 Å². The molecule has 0 bridgehead atoms. The minimum absolute atomic E-state index is 0.950. The summed E-state index contributed by atoms with van der Waals surface area (Å²) in [5.74, 6) is 0.950. The van der Waals surface area contributed by atoms with Gasteiger partial charge in [-0.3, -0.25) is 4.90 Å². The van der Waals surface area contributed by atoms with Gasteiger partial charge >= 0.3 is 0 Å². The van der Waals surface area contributed by atoms with Crippen molar-refractivity contribution in [2.24, 2.45) is 5.92 Å². The van der Waals surface area contributed by atoms with Crippen LogP contribution in [0.4, 0.5) is 0 Å². The molecule has 0 aromatic heterocycles. The number of nitrogens with zero attached hydrogens (tertiary/aromatic N) is 1. The van der Waals surface area contributed by atoms with E-state index in [1.165, 1.54) is 45.6 Å². The monoisotopic (exact) mass is 166 g/mol. The molecule has 0 radical (unpaired) electrons. The molecule has 0 atom stereocenters. The minimum atomic E-state index is 0.950. The molecule has 1 N–H and O–H groups in total. The molecule has 1 saturated heterocycles. The zero-order valence-corrected chi connectivity index (χ0v) is 7.63. The Balaban J connectivity index is 1.70. The van der Waals surface area contributed by atoms with E-state index in [4.69, 9.17) is 0 Å². The maximum atomic E-state index is 3.41. The van der Waals surface area contributed by atoms with Crippen molar-refractivity contribution in [3.63, 3.8) is 0 Å². The topological polar surface area (TPSA) is 15.3 Å². The smallest absolute Gasteiger partial charge is 0.0167 e. The first-order chi connectivity index (χ1) is 5.95. The van der Waals surface area contributed by atoms with Crippen LogP contribution in [0.3, 0.4) is 0 Å². The largest absolute Gasteiger partial charge is 0.317 e. The molecule has 2 aliphatic heterocycles. The van der Waals surface area contributed by atoms with Crippen LogP contribution in [0.25, 0.3) is 0 Å². The highest BCUT2D eigenvalue weighted by molar-refractivity contribution is 4.95. The SMILES string of the molecule is C1=CCN(CC2CCNCC2)C1. The highest BCUT2D eigenvalue weighted by atomic mass is 15.1. The average molecular weight is 166 g/mol. The Morgan fingerprint density at radius 1 is 1.17 bits per heavy atom. The highest BCUT2D eigenvalue weighted by Gasteiger charge is 2.16. The van der Waals surface area contributed by atoms with Gasteiger partial charge in [0.1, 0.15) is 0 Å². The summed E-state index contributed by atoms with van der Waals surface area (Å²) in [7, 11) is 0. The van der Waals surface area contributed by atoms with Crippen molar-refractivity contribution in [3.05, 3.63) is 12.2 Å². The van der Waals surface area contributed by atoms with E-state index in [9.17, 15) is 0 Å². The Kier molecular flexibility index (Phi) is 2.79. The lowest BCUT2D eigenvalue weighted by Gasteiger charge is -2.26. The van der Waals surface area contributed by atoms with Crippen LogP contribution in [0.2, 0.25) is 0 Å². The van der Waals surface area contributed by atoms with E-state index in [1.54, 1.807) is 0 Å². The molecule has 2 rings (SSSR count). The Morgan fingerprint density at radius 3 is 2.50 bits per heavy atom. The summed E-state index contributed by atoms with van der Waals surface area (Å²) in [5.41, 5.74) is 0. The summed E-state index contributed by atoms with van der Waals surface area (Å²) in [6, 6.07) is 0. The Bertz CT molecular complexity index is 151. The summed E-state index contributed by atoms with van der Waals surface area (Å²) >= 11 is 0. The third-order valence-corrected chi connectivity index (χ3v) is 2.87. The van der Waals surface area contributed by atoms with Gasteiger partial charge in [-0.25, -0.2) is 0 Å². The van der Waals surface area contributed by atoms with E-state index in [2.05, 4.69) is 22.4 Å². The number of nitrogens with one attached hydrogen (secondary N) is 1. The van der Waals surface area contributed by atoms with Crippen molar-refractivity contribution in [2.45, 2.75) is 12.8 Å². The van der Waals surface area contributed by atoms with Crippen molar-refractivity contribution >= 4 is 0 Å². The lowest BCUT2D eigenvalue weighted by molar-refractivity contribution is 0.247. The maximum Gasteiger partial charge on any atom is 0.0167 e. The summed E-state index contributed by atoms with van der Waals surface area (Å²) in [4.78, 5) is 2.54. The molecule has 0 saturated carbocycles. The molecule has 0 unspecified atom stereocenters. The van der Waals surface area contributed by atoms with Crippen LogP contribution >= 0.6 is 0 Å². The van der Waals surface area contributed by atoms with Crippen LogP contribution in [0.5, 0.6) is 0 Å². The molecule has 1 fully saturated rings. The maximum absolute atomic E-state index is 3.41. The quantitative estimate of drug-likeness (QED) is 0.612. The van der Waals surface area contributed by atoms with E-state index >= 15 is 0 Å². The van der Waals surface area contributed by atoms with E-state index in [0.717, 1.165) is 5.92 Å². The second kappa shape index (κ2) is 4.06. The summed E-state index contributed by atoms with van der Waals surface area (Å²) < 4.78 is 0. The standard InChI is InChI=1S/C10H18N2/c1-2-8-12(7-1)9-10-3-5-11-6-4-10/h1-2,10-11H,3-9H2. The molecule has 0 aromatic rings. The van der Waals surface area contributed by atoms with Crippen LogP contribution in [-0.4, -0.2) is 37.6 Å². The van der Waals surface area contributed by atoms with Gasteiger partial charge in [-0.2, -0.15) is 0 Å². The lowest BCUT2D eigenvalue weighted by atomic mass is 9.98. The molecule has 2 nitrogen and oxygen atoms in total. The minimum Gasteiger partial charge on any atom is -0.317 e. The molecule has 68 valence electrons. The molecular formula is C10H18N2. The van der Waals surface area contributed by atoms with Gasteiger partial charge in [0.2, 0.25) is 0 Å². The van der Waals surface area contributed by atoms with E-state index in [-0.39, 0.29) is 0 Å². The third-order valence-electron chi connectivity index (χ3n) is 2.87. The zero-order valence-electron chi connectivity index (χ0n) is 7.63. The van der Waals surface area contributed by atoms with Gasteiger partial charge in [0.15, 0.2) is 0 Å². The molecule has 12 heavy (non-hydrogen) atoms. The van der Waals surface area contributed by atoms with Gasteiger partial charge in [-0.1, -0.05) is 12.2 Å². The molecule has 0 aromatic carbocycles. The number of hydrogen-bond acceptors (Lipinski definition) is 2. The van der Waals surface area contributed by atoms with Crippen LogP contribution in [0.1, 0.15) is 12.8 Å². The molecule has 0 aliphatic carbocycles. The fourth-order valence-corrected chi connectivity index (χ4v) is 2.10. The van der Waals surface area contributed by atoms with E-state index in [1.807, 2.05) is 0 Å². The normalized spacial score (nSPS) is 26.7. The summed E-state index contributed by atoms with van der Waals surface area (Å²) in [6.07, 6.45) is 7.30. The first-order valence-corrected chi connectivity index (χ1v) is 5.03. The van der Waals surface area contributed by atoms with Crippen molar-refractivity contribution < 1.29 is 0 Å². The number of hydrogen-bond donors (Lipinski definition) is 1. The van der Waals surface area contributed by atoms with Gasteiger partial charge in [-0.15, -0.1) is 0 Å². The van der Waals surface area contributed by atoms with E-state index < -0.39 is 0 Å². The van der Waals surface area contributed by atoms with Gasteiger partial charge in [0.05, 0.1) is 0 Å².